The van der Waals surface area contributed by atoms with E-state index >= 15 is 0 Å². The van der Waals surface area contributed by atoms with Crippen molar-refractivity contribution in [3.63, 3.8) is 0 Å². The van der Waals surface area contributed by atoms with Gasteiger partial charge in [-0.3, -0.25) is 25.8 Å². The van der Waals surface area contributed by atoms with Crippen LogP contribution in [0.1, 0.15) is 15.2 Å². The van der Waals surface area contributed by atoms with Crippen molar-refractivity contribution < 1.29 is 9.59 Å². The normalized spacial score (nSPS) is 10.4. The first-order valence-electron chi connectivity index (χ1n) is 6.53. The van der Waals surface area contributed by atoms with E-state index in [1.807, 2.05) is 0 Å². The molecule has 124 valence electrons. The van der Waals surface area contributed by atoms with Gasteiger partial charge in [0.05, 0.1) is 4.88 Å². The fourth-order valence-corrected chi connectivity index (χ4v) is 2.81. The molecule has 0 spiro atoms. The topological polar surface area (TPSA) is 70.2 Å². The first-order valence-corrected chi connectivity index (χ1v) is 8.58. The predicted octanol–water partition coefficient (Wildman–Crippen LogP) is 3.40. The summed E-state index contributed by atoms with van der Waals surface area (Å²) < 4.78 is 0. The Hall–Kier alpha value is -1.93. The summed E-state index contributed by atoms with van der Waals surface area (Å²) in [6.07, 6.45) is 2.80. The minimum atomic E-state index is -0.469. The summed E-state index contributed by atoms with van der Waals surface area (Å²) in [4.78, 5) is 24.0. The van der Waals surface area contributed by atoms with Crippen LogP contribution in [-0.2, 0) is 4.79 Å². The highest BCUT2D eigenvalue weighted by molar-refractivity contribution is 7.80. The third kappa shape index (κ3) is 5.61. The lowest BCUT2D eigenvalue weighted by Gasteiger charge is -2.08. The molecule has 5 nitrogen and oxygen atoms in total. The van der Waals surface area contributed by atoms with Crippen molar-refractivity contribution in [1.82, 2.24) is 16.2 Å². The van der Waals surface area contributed by atoms with Gasteiger partial charge in [-0.15, -0.1) is 11.3 Å². The summed E-state index contributed by atoms with van der Waals surface area (Å²) in [7, 11) is 0. The average molecular weight is 400 g/mol. The summed E-state index contributed by atoms with van der Waals surface area (Å²) in [6, 6.07) is 8.35. The Labute approximate surface area is 157 Å². The smallest absolute Gasteiger partial charge is 0.279 e. The Morgan fingerprint density at radius 1 is 1.17 bits per heavy atom. The summed E-state index contributed by atoms with van der Waals surface area (Å²) in [5, 5.41) is 5.08. The number of carbonyl (C=O) groups is 2. The molecule has 0 aliphatic rings. The molecule has 0 bridgehead atoms. The Morgan fingerprint density at radius 3 is 2.62 bits per heavy atom. The Morgan fingerprint density at radius 2 is 1.96 bits per heavy atom. The van der Waals surface area contributed by atoms with E-state index in [1.165, 1.54) is 23.5 Å². The number of halogens is 2. The molecule has 24 heavy (non-hydrogen) atoms. The molecule has 0 saturated carbocycles. The number of thiocarbonyl (C=S) groups is 1. The van der Waals surface area contributed by atoms with Crippen molar-refractivity contribution in [2.45, 2.75) is 0 Å². The number of hydrogen-bond acceptors (Lipinski definition) is 4. The lowest BCUT2D eigenvalue weighted by atomic mass is 10.2. The summed E-state index contributed by atoms with van der Waals surface area (Å²) >= 11 is 18.0. The number of amides is 2. The second-order valence-corrected chi connectivity index (χ2v) is 6.57. The fourth-order valence-electron chi connectivity index (χ4n) is 1.57. The van der Waals surface area contributed by atoms with Crippen molar-refractivity contribution in [1.29, 1.82) is 0 Å². The van der Waals surface area contributed by atoms with Gasteiger partial charge < -0.3 is 0 Å². The number of carbonyl (C=O) groups excluding carboxylic acids is 2. The van der Waals surface area contributed by atoms with E-state index in [2.05, 4.69) is 16.2 Å². The molecule has 0 saturated heterocycles. The van der Waals surface area contributed by atoms with Crippen LogP contribution in [-0.4, -0.2) is 16.9 Å². The van der Waals surface area contributed by atoms with Crippen molar-refractivity contribution in [2.75, 3.05) is 0 Å². The molecule has 2 aromatic rings. The number of benzene rings is 1. The van der Waals surface area contributed by atoms with E-state index in [1.54, 1.807) is 35.7 Å². The van der Waals surface area contributed by atoms with Gasteiger partial charge >= 0.3 is 0 Å². The minimum absolute atomic E-state index is 0.0308. The highest BCUT2D eigenvalue weighted by Crippen LogP contribution is 2.21. The molecule has 1 aromatic heterocycles. The maximum Gasteiger partial charge on any atom is 0.279 e. The number of hydrazine groups is 1. The quantitative estimate of drug-likeness (QED) is 0.420. The van der Waals surface area contributed by atoms with Gasteiger partial charge in [-0.1, -0.05) is 35.3 Å². The third-order valence-electron chi connectivity index (χ3n) is 2.65. The van der Waals surface area contributed by atoms with Gasteiger partial charge in [0.1, 0.15) is 0 Å². The standard InChI is InChI=1S/C15H11Cl2N3O2S2/c16-10-5-3-9(11(17)8-10)4-6-13(21)18-15(23)20-19-14(22)12-2-1-7-24-12/h1-8H,(H,19,22)(H2,18,20,21,23)/b6-4+. The van der Waals surface area contributed by atoms with Gasteiger partial charge in [-0.25, -0.2) is 0 Å². The molecule has 1 aromatic carbocycles. The molecule has 0 unspecified atom stereocenters. The van der Waals surface area contributed by atoms with Gasteiger partial charge in [0.15, 0.2) is 5.11 Å². The third-order valence-corrected chi connectivity index (χ3v) is 4.28. The van der Waals surface area contributed by atoms with Crippen LogP contribution in [0.25, 0.3) is 6.08 Å². The largest absolute Gasteiger partial charge is 0.298 e. The van der Waals surface area contributed by atoms with Gasteiger partial charge in [0.2, 0.25) is 5.91 Å². The number of thiophene rings is 1. The van der Waals surface area contributed by atoms with Crippen LogP contribution in [0, 0.1) is 0 Å². The molecule has 0 atom stereocenters. The van der Waals surface area contributed by atoms with E-state index in [0.29, 0.717) is 20.5 Å². The van der Waals surface area contributed by atoms with Crippen molar-refractivity contribution >= 4 is 69.8 Å². The van der Waals surface area contributed by atoms with Crippen LogP contribution >= 0.6 is 46.8 Å². The van der Waals surface area contributed by atoms with Crippen LogP contribution in [0.3, 0.4) is 0 Å². The highest BCUT2D eigenvalue weighted by atomic mass is 35.5. The minimum Gasteiger partial charge on any atom is -0.298 e. The molecule has 0 aliphatic carbocycles. The van der Waals surface area contributed by atoms with Crippen LogP contribution in [0.4, 0.5) is 0 Å². The zero-order chi connectivity index (χ0) is 17.5. The lowest BCUT2D eigenvalue weighted by Crippen LogP contribution is -2.48. The molecule has 0 aliphatic heterocycles. The molecule has 3 N–H and O–H groups in total. The van der Waals surface area contributed by atoms with Crippen LogP contribution in [0.2, 0.25) is 10.0 Å². The maximum atomic E-state index is 11.8. The molecular weight excluding hydrogens is 389 g/mol. The lowest BCUT2D eigenvalue weighted by molar-refractivity contribution is -0.115. The first kappa shape index (κ1) is 18.4. The van der Waals surface area contributed by atoms with Crippen molar-refractivity contribution in [3.8, 4) is 0 Å². The zero-order valence-corrected chi connectivity index (χ0v) is 15.2. The van der Waals surface area contributed by atoms with E-state index < -0.39 is 5.91 Å². The average Bonchev–Trinajstić information content (AvgIpc) is 3.06. The van der Waals surface area contributed by atoms with E-state index in [4.69, 9.17) is 35.4 Å². The zero-order valence-electron chi connectivity index (χ0n) is 12.0. The van der Waals surface area contributed by atoms with Crippen LogP contribution < -0.4 is 16.2 Å². The monoisotopic (exact) mass is 399 g/mol. The number of rotatable bonds is 3. The summed E-state index contributed by atoms with van der Waals surface area (Å²) in [6.45, 7) is 0. The Kier molecular flexibility index (Phi) is 6.74. The summed E-state index contributed by atoms with van der Waals surface area (Å²) in [5.74, 6) is -0.811. The van der Waals surface area contributed by atoms with Gasteiger partial charge in [-0.05, 0) is 47.4 Å². The maximum absolute atomic E-state index is 11.8. The molecule has 0 radical (unpaired) electrons. The second kappa shape index (κ2) is 8.79. The first-order chi connectivity index (χ1) is 11.5. The Bertz CT molecular complexity index is 792. The van der Waals surface area contributed by atoms with Crippen molar-refractivity contribution in [2.24, 2.45) is 0 Å². The molecule has 9 heteroatoms. The highest BCUT2D eigenvalue weighted by Gasteiger charge is 2.07. The molecule has 0 fully saturated rings. The Balaban J connectivity index is 1.82. The number of hydrogen-bond donors (Lipinski definition) is 3. The van der Waals surface area contributed by atoms with Gasteiger partial charge in [0, 0.05) is 16.1 Å². The molecule has 2 rings (SSSR count). The van der Waals surface area contributed by atoms with Gasteiger partial charge in [0.25, 0.3) is 5.91 Å². The second-order valence-electron chi connectivity index (χ2n) is 4.37. The van der Waals surface area contributed by atoms with Gasteiger partial charge in [-0.2, -0.15) is 0 Å². The van der Waals surface area contributed by atoms with E-state index in [-0.39, 0.29) is 11.0 Å². The van der Waals surface area contributed by atoms with Crippen LogP contribution in [0.5, 0.6) is 0 Å². The fraction of sp³-hybridized carbons (Fsp3) is 0. The van der Waals surface area contributed by atoms with Crippen molar-refractivity contribution in [3.05, 3.63) is 62.3 Å². The van der Waals surface area contributed by atoms with Crippen LogP contribution in [0.15, 0.2) is 41.8 Å². The van der Waals surface area contributed by atoms with E-state index in [0.717, 1.165) is 0 Å². The predicted molar refractivity (Wildman–Crippen MR) is 101 cm³/mol. The summed E-state index contributed by atoms with van der Waals surface area (Å²) in [5.41, 5.74) is 5.47. The number of nitrogens with one attached hydrogen (secondary N) is 3. The molecule has 1 heterocycles. The SMILES string of the molecule is O=C(/C=C/c1ccc(Cl)cc1Cl)NC(=S)NNC(=O)c1cccs1. The van der Waals surface area contributed by atoms with E-state index in [9.17, 15) is 9.59 Å². The molecular formula is C15H11Cl2N3O2S2. The molecule has 2 amide bonds.